The zero-order valence-electron chi connectivity index (χ0n) is 10.9. The summed E-state index contributed by atoms with van der Waals surface area (Å²) >= 11 is 10.1. The average Bonchev–Trinajstić information content (AvgIpc) is 2.45. The molecule has 0 unspecified atom stereocenters. The number of aliphatic hydroxyl groups is 1. The van der Waals surface area contributed by atoms with Crippen LogP contribution in [0.3, 0.4) is 0 Å². The standard InChI is InChI=1S/C14H16BrNO2S2/c15-11-5-3-10(4-6-11)13(18)9-20-14(19)16-7-1-2-12(17)8-16/h3-6,12,17H,1-2,7-9H2/t12-/m0/s1. The molecule has 2 rings (SSSR count). The van der Waals surface area contributed by atoms with E-state index in [0.717, 1.165) is 23.9 Å². The number of rotatable bonds is 3. The van der Waals surface area contributed by atoms with Gasteiger partial charge < -0.3 is 10.0 Å². The number of thioether (sulfide) groups is 1. The van der Waals surface area contributed by atoms with Gasteiger partial charge in [0.1, 0.15) is 4.32 Å². The van der Waals surface area contributed by atoms with Crippen LogP contribution in [-0.2, 0) is 0 Å². The molecule has 1 N–H and O–H groups in total. The molecule has 0 aromatic heterocycles. The van der Waals surface area contributed by atoms with Crippen molar-refractivity contribution in [3.63, 3.8) is 0 Å². The van der Waals surface area contributed by atoms with Crippen LogP contribution >= 0.6 is 39.9 Å². The van der Waals surface area contributed by atoms with Crippen molar-refractivity contribution in [2.45, 2.75) is 18.9 Å². The minimum atomic E-state index is -0.301. The molecule has 0 aliphatic carbocycles. The summed E-state index contributed by atoms with van der Waals surface area (Å²) in [6.07, 6.45) is 1.48. The lowest BCUT2D eigenvalue weighted by atomic mass is 10.1. The monoisotopic (exact) mass is 373 g/mol. The Morgan fingerprint density at radius 3 is 2.80 bits per heavy atom. The number of β-amino-alcohol motifs (C(OH)–C–C–N with tert-alkyl or cyclic N) is 1. The van der Waals surface area contributed by atoms with Crippen molar-refractivity contribution in [2.75, 3.05) is 18.8 Å². The van der Waals surface area contributed by atoms with E-state index >= 15 is 0 Å². The smallest absolute Gasteiger partial charge is 0.173 e. The van der Waals surface area contributed by atoms with Gasteiger partial charge in [-0.25, -0.2) is 0 Å². The summed E-state index contributed by atoms with van der Waals surface area (Å²) in [6, 6.07) is 7.33. The number of Topliss-reactive ketones (excluding diaryl/α,β-unsaturated/α-hetero) is 1. The van der Waals surface area contributed by atoms with Crippen molar-refractivity contribution in [3.8, 4) is 0 Å². The minimum Gasteiger partial charge on any atom is -0.391 e. The van der Waals surface area contributed by atoms with Crippen molar-refractivity contribution in [1.29, 1.82) is 0 Å². The van der Waals surface area contributed by atoms with Crippen LogP contribution in [0.2, 0.25) is 0 Å². The molecular weight excluding hydrogens is 358 g/mol. The second-order valence-electron chi connectivity index (χ2n) is 4.73. The number of carbonyl (C=O) groups excluding carboxylic acids is 1. The van der Waals surface area contributed by atoms with E-state index in [1.807, 2.05) is 17.0 Å². The number of thiocarbonyl (C=S) groups is 1. The number of carbonyl (C=O) groups is 1. The molecule has 3 nitrogen and oxygen atoms in total. The van der Waals surface area contributed by atoms with Crippen LogP contribution in [0.5, 0.6) is 0 Å². The first-order valence-corrected chi connectivity index (χ1v) is 8.63. The molecular formula is C14H16BrNO2S2. The normalized spacial score (nSPS) is 18.9. The molecule has 108 valence electrons. The Morgan fingerprint density at radius 2 is 2.15 bits per heavy atom. The van der Waals surface area contributed by atoms with Crippen LogP contribution in [0.4, 0.5) is 0 Å². The fraction of sp³-hybridized carbons (Fsp3) is 0.429. The zero-order valence-corrected chi connectivity index (χ0v) is 14.1. The lowest BCUT2D eigenvalue weighted by molar-refractivity contribution is 0.102. The van der Waals surface area contributed by atoms with E-state index in [1.54, 1.807) is 12.1 Å². The van der Waals surface area contributed by atoms with E-state index in [0.29, 0.717) is 22.2 Å². The third-order valence-corrected chi connectivity index (χ3v) is 5.20. The first-order valence-electron chi connectivity index (χ1n) is 6.45. The van der Waals surface area contributed by atoms with Crippen LogP contribution in [0.25, 0.3) is 0 Å². The van der Waals surface area contributed by atoms with Gasteiger partial charge in [0.2, 0.25) is 0 Å². The Morgan fingerprint density at radius 1 is 1.45 bits per heavy atom. The molecule has 0 bridgehead atoms. The number of halogens is 1. The van der Waals surface area contributed by atoms with Gasteiger partial charge in [-0.1, -0.05) is 52.0 Å². The molecule has 20 heavy (non-hydrogen) atoms. The summed E-state index contributed by atoms with van der Waals surface area (Å²) in [7, 11) is 0. The highest BCUT2D eigenvalue weighted by atomic mass is 79.9. The highest BCUT2D eigenvalue weighted by Crippen LogP contribution is 2.18. The topological polar surface area (TPSA) is 40.5 Å². The number of likely N-dealkylation sites (tertiary alicyclic amines) is 1. The molecule has 0 saturated carbocycles. The lowest BCUT2D eigenvalue weighted by Gasteiger charge is -2.31. The van der Waals surface area contributed by atoms with Gasteiger partial charge in [-0.15, -0.1) is 0 Å². The first kappa shape index (κ1) is 15.9. The Labute approximate surface area is 136 Å². The van der Waals surface area contributed by atoms with Crippen LogP contribution < -0.4 is 0 Å². The van der Waals surface area contributed by atoms with Gasteiger partial charge >= 0.3 is 0 Å². The Kier molecular flexibility index (Phi) is 6.01. The van der Waals surface area contributed by atoms with Gasteiger partial charge in [0.05, 0.1) is 11.9 Å². The highest BCUT2D eigenvalue weighted by Gasteiger charge is 2.20. The second-order valence-corrected chi connectivity index (χ2v) is 7.25. The Balaban J connectivity index is 1.83. The maximum atomic E-state index is 12.0. The Hall–Kier alpha value is -0.430. The number of hydrogen-bond acceptors (Lipinski definition) is 4. The molecule has 0 spiro atoms. The number of piperidine rings is 1. The molecule has 1 heterocycles. The van der Waals surface area contributed by atoms with E-state index in [1.165, 1.54) is 11.8 Å². The third kappa shape index (κ3) is 4.55. The molecule has 6 heteroatoms. The predicted molar refractivity (Wildman–Crippen MR) is 90.3 cm³/mol. The molecule has 1 aliphatic rings. The first-order chi connectivity index (χ1) is 9.56. The molecule has 1 atom stereocenters. The molecule has 1 fully saturated rings. The minimum absolute atomic E-state index is 0.0717. The van der Waals surface area contributed by atoms with E-state index in [9.17, 15) is 9.90 Å². The summed E-state index contributed by atoms with van der Waals surface area (Å²) < 4.78 is 1.66. The third-order valence-electron chi connectivity index (χ3n) is 3.15. The van der Waals surface area contributed by atoms with Gasteiger partial charge in [-0.2, -0.15) is 0 Å². The van der Waals surface area contributed by atoms with Gasteiger partial charge in [0.25, 0.3) is 0 Å². The van der Waals surface area contributed by atoms with Crippen molar-refractivity contribution >= 4 is 50.0 Å². The number of aliphatic hydroxyl groups excluding tert-OH is 1. The molecule has 1 aliphatic heterocycles. The van der Waals surface area contributed by atoms with Gasteiger partial charge in [0.15, 0.2) is 5.78 Å². The highest BCUT2D eigenvalue weighted by molar-refractivity contribution is 9.10. The van der Waals surface area contributed by atoms with Crippen LogP contribution in [-0.4, -0.2) is 45.1 Å². The van der Waals surface area contributed by atoms with Crippen molar-refractivity contribution in [3.05, 3.63) is 34.3 Å². The SMILES string of the molecule is O=C(CSC(=S)N1CCC[C@H](O)C1)c1ccc(Br)cc1. The second kappa shape index (κ2) is 7.54. The molecule has 0 radical (unpaired) electrons. The maximum Gasteiger partial charge on any atom is 0.173 e. The van der Waals surface area contributed by atoms with Gasteiger partial charge in [-0.3, -0.25) is 4.79 Å². The lowest BCUT2D eigenvalue weighted by Crippen LogP contribution is -2.40. The summed E-state index contributed by atoms with van der Waals surface area (Å²) in [5, 5.41) is 9.63. The summed E-state index contributed by atoms with van der Waals surface area (Å²) in [6.45, 7) is 1.45. The van der Waals surface area contributed by atoms with E-state index in [4.69, 9.17) is 12.2 Å². The zero-order chi connectivity index (χ0) is 14.5. The van der Waals surface area contributed by atoms with Gasteiger partial charge in [0, 0.05) is 23.1 Å². The fourth-order valence-corrected chi connectivity index (χ4v) is 3.43. The number of nitrogens with zero attached hydrogens (tertiary/aromatic N) is 1. The number of hydrogen-bond donors (Lipinski definition) is 1. The average molecular weight is 374 g/mol. The molecule has 1 saturated heterocycles. The number of ketones is 1. The van der Waals surface area contributed by atoms with Crippen LogP contribution in [0.15, 0.2) is 28.7 Å². The van der Waals surface area contributed by atoms with Crippen molar-refractivity contribution < 1.29 is 9.90 Å². The fourth-order valence-electron chi connectivity index (χ4n) is 2.06. The molecule has 0 amide bonds. The largest absolute Gasteiger partial charge is 0.391 e. The van der Waals surface area contributed by atoms with Gasteiger partial charge in [-0.05, 0) is 25.0 Å². The Bertz CT molecular complexity index is 492. The van der Waals surface area contributed by atoms with Crippen molar-refractivity contribution in [2.24, 2.45) is 0 Å². The van der Waals surface area contributed by atoms with E-state index in [-0.39, 0.29) is 11.9 Å². The predicted octanol–water partition coefficient (Wildman–Crippen LogP) is 3.11. The summed E-state index contributed by atoms with van der Waals surface area (Å²) in [5.74, 6) is 0.412. The number of benzene rings is 1. The van der Waals surface area contributed by atoms with Crippen LogP contribution in [0.1, 0.15) is 23.2 Å². The van der Waals surface area contributed by atoms with Crippen LogP contribution in [0, 0.1) is 0 Å². The van der Waals surface area contributed by atoms with Crippen molar-refractivity contribution in [1.82, 2.24) is 4.90 Å². The molecule has 1 aromatic rings. The molecule has 1 aromatic carbocycles. The van der Waals surface area contributed by atoms with E-state index in [2.05, 4.69) is 15.9 Å². The summed E-state index contributed by atoms with van der Waals surface area (Å²) in [5.41, 5.74) is 0.696. The maximum absolute atomic E-state index is 12.0. The quantitative estimate of drug-likeness (QED) is 0.650. The van der Waals surface area contributed by atoms with E-state index < -0.39 is 0 Å². The summed E-state index contributed by atoms with van der Waals surface area (Å²) in [4.78, 5) is 14.0.